The molecule has 0 bridgehead atoms. The first-order chi connectivity index (χ1) is 24.5. The van der Waals surface area contributed by atoms with Crippen LogP contribution in [0.4, 0.5) is 0 Å². The molecule has 4 heterocycles. The van der Waals surface area contributed by atoms with Gasteiger partial charge in [-0.3, -0.25) is 0 Å². The Morgan fingerprint density at radius 1 is 0.865 bits per heavy atom. The van der Waals surface area contributed by atoms with Crippen molar-refractivity contribution in [2.24, 2.45) is 5.92 Å². The third-order valence-electron chi connectivity index (χ3n) is 11.0. The number of rotatable bonds is 9. The van der Waals surface area contributed by atoms with Gasteiger partial charge in [0.15, 0.2) is 0 Å². The molecule has 1 saturated carbocycles. The Morgan fingerprint density at radius 3 is 2.31 bits per heavy atom. The fourth-order valence-electron chi connectivity index (χ4n) is 7.53. The number of benzene rings is 2. The third-order valence-corrected chi connectivity index (χ3v) is 13.1. The van der Waals surface area contributed by atoms with Crippen LogP contribution in [0.2, 0.25) is 19.6 Å². The summed E-state index contributed by atoms with van der Waals surface area (Å²) in [5.74, 6) is 1.23. The van der Waals surface area contributed by atoms with Gasteiger partial charge in [0, 0.05) is 49.5 Å². The molecule has 0 N–H and O–H groups in total. The van der Waals surface area contributed by atoms with Gasteiger partial charge in [-0.2, -0.15) is 0 Å². The first kappa shape index (κ1) is 39.8. The minimum Gasteiger partial charge on any atom is -0.486 e. The predicted molar refractivity (Wildman–Crippen MR) is 217 cm³/mol. The van der Waals surface area contributed by atoms with E-state index in [2.05, 4.69) is 120 Å². The largest absolute Gasteiger partial charge is 0.486 e. The van der Waals surface area contributed by atoms with Crippen molar-refractivity contribution in [1.29, 1.82) is 0 Å². The van der Waals surface area contributed by atoms with Gasteiger partial charge in [-0.15, -0.1) is 54.1 Å². The van der Waals surface area contributed by atoms with E-state index < -0.39 is 8.07 Å². The van der Waals surface area contributed by atoms with E-state index in [9.17, 15) is 0 Å². The van der Waals surface area contributed by atoms with Crippen LogP contribution in [0.3, 0.4) is 0 Å². The van der Waals surface area contributed by atoms with Gasteiger partial charge in [-0.05, 0) is 83.8 Å². The fraction of sp³-hybridized carbons (Fsp3) is 0.413. The summed E-state index contributed by atoms with van der Waals surface area (Å²) in [6, 6.07) is 29.8. The Balaban J connectivity index is 0.000000217. The molecule has 0 aliphatic heterocycles. The monoisotopic (exact) mass is 886 g/mol. The van der Waals surface area contributed by atoms with Crippen LogP contribution < -0.4 is 5.19 Å². The quantitative estimate of drug-likeness (QED) is 0.107. The van der Waals surface area contributed by atoms with Crippen molar-refractivity contribution >= 4 is 35.3 Å². The maximum atomic E-state index is 6.37. The summed E-state index contributed by atoms with van der Waals surface area (Å²) in [7, 11) is -1.34. The molecule has 275 valence electrons. The first-order valence-electron chi connectivity index (χ1n) is 19.2. The minimum atomic E-state index is -1.34. The van der Waals surface area contributed by atoms with Crippen LogP contribution in [0, 0.1) is 18.1 Å². The molecule has 0 unspecified atom stereocenters. The van der Waals surface area contributed by atoms with E-state index in [4.69, 9.17) is 14.4 Å². The Labute approximate surface area is 326 Å². The topological polar surface area (TPSA) is 51.8 Å². The van der Waals surface area contributed by atoms with Gasteiger partial charge >= 0.3 is 0 Å². The maximum Gasteiger partial charge on any atom is 0.216 e. The molecule has 52 heavy (non-hydrogen) atoms. The zero-order chi connectivity index (χ0) is 36.2. The number of pyridine rings is 3. The zero-order valence-corrected chi connectivity index (χ0v) is 35.8. The number of hydrogen-bond donors (Lipinski definition) is 0. The van der Waals surface area contributed by atoms with E-state index in [0.29, 0.717) is 11.8 Å². The van der Waals surface area contributed by atoms with Crippen molar-refractivity contribution in [3.8, 4) is 22.5 Å². The maximum absolute atomic E-state index is 6.37. The van der Waals surface area contributed by atoms with Crippen LogP contribution in [0.1, 0.15) is 102 Å². The summed E-state index contributed by atoms with van der Waals surface area (Å²) in [5.41, 5.74) is 9.67. The van der Waals surface area contributed by atoms with Gasteiger partial charge < -0.3 is 14.4 Å². The van der Waals surface area contributed by atoms with Gasteiger partial charge in [-0.1, -0.05) is 102 Å². The molecule has 7 rings (SSSR count). The molecule has 1 radical (unpaired) electrons. The summed E-state index contributed by atoms with van der Waals surface area (Å²) in [4.78, 5) is 14.3. The van der Waals surface area contributed by atoms with Crippen LogP contribution in [0.5, 0.6) is 0 Å². The van der Waals surface area contributed by atoms with Crippen molar-refractivity contribution < 1.29 is 24.5 Å². The van der Waals surface area contributed by atoms with Crippen LogP contribution in [0.15, 0.2) is 83.5 Å². The van der Waals surface area contributed by atoms with E-state index >= 15 is 0 Å². The van der Waals surface area contributed by atoms with Gasteiger partial charge in [0.2, 0.25) is 5.71 Å². The summed E-state index contributed by atoms with van der Waals surface area (Å²) in [5, 5.41) is 3.66. The SMILES string of the molecule is CC(C)Cc1cc(-c2[c-]cccc2)ncc1[Si](C)(C)C.CCC(C)(CC)c1ccnc(-c2[c-]ccc3c2oc2nc(C4CCCCC4)ccc23)c1.[Ir]. The summed E-state index contributed by atoms with van der Waals surface area (Å²) < 4.78 is 6.37. The molecular formula is C46H55IrN3OSi-2. The van der Waals surface area contributed by atoms with Crippen molar-refractivity contribution in [3.63, 3.8) is 0 Å². The van der Waals surface area contributed by atoms with Crippen molar-refractivity contribution in [1.82, 2.24) is 15.0 Å². The van der Waals surface area contributed by atoms with Crippen LogP contribution in [-0.4, -0.2) is 23.0 Å². The molecule has 0 spiro atoms. The molecule has 6 aromatic rings. The summed E-state index contributed by atoms with van der Waals surface area (Å²) in [6.07, 6.45) is 13.8. The summed E-state index contributed by atoms with van der Waals surface area (Å²) in [6.45, 7) is 18.6. The molecule has 1 aliphatic rings. The van der Waals surface area contributed by atoms with Gasteiger partial charge in [0.25, 0.3) is 0 Å². The Morgan fingerprint density at radius 2 is 1.63 bits per heavy atom. The molecule has 1 fully saturated rings. The van der Waals surface area contributed by atoms with Crippen LogP contribution in [0.25, 0.3) is 44.6 Å². The molecule has 1 aliphatic carbocycles. The zero-order valence-electron chi connectivity index (χ0n) is 32.4. The minimum absolute atomic E-state index is 0. The normalized spacial score (nSPS) is 13.9. The third kappa shape index (κ3) is 8.84. The number of nitrogens with zero attached hydrogens (tertiary/aromatic N) is 3. The number of fused-ring (bicyclic) bond motifs is 3. The molecule has 4 nitrogen and oxygen atoms in total. The second-order valence-electron chi connectivity index (χ2n) is 16.2. The smallest absolute Gasteiger partial charge is 0.216 e. The van der Waals surface area contributed by atoms with Crippen molar-refractivity contribution in [2.45, 2.75) is 117 Å². The first-order valence-corrected chi connectivity index (χ1v) is 22.7. The van der Waals surface area contributed by atoms with Gasteiger partial charge in [0.05, 0.1) is 13.7 Å². The fourth-order valence-corrected chi connectivity index (χ4v) is 9.12. The molecule has 2 aromatic carbocycles. The van der Waals surface area contributed by atoms with Gasteiger partial charge in [-0.25, -0.2) is 4.98 Å². The number of furan rings is 1. The van der Waals surface area contributed by atoms with Crippen LogP contribution in [-0.2, 0) is 31.9 Å². The molecule has 0 amide bonds. The Kier molecular flexibility index (Phi) is 13.1. The number of aromatic nitrogens is 3. The van der Waals surface area contributed by atoms with E-state index in [1.54, 1.807) is 0 Å². The molecule has 4 aromatic heterocycles. The van der Waals surface area contributed by atoms with E-state index in [1.807, 2.05) is 30.5 Å². The second kappa shape index (κ2) is 17.1. The van der Waals surface area contributed by atoms with Crippen LogP contribution >= 0.6 is 0 Å². The molecular weight excluding hydrogens is 831 g/mol. The molecule has 0 atom stereocenters. The van der Waals surface area contributed by atoms with Crippen molar-refractivity contribution in [2.75, 3.05) is 0 Å². The average molecular weight is 886 g/mol. The Hall–Kier alpha value is -3.44. The Bertz CT molecular complexity index is 2070. The summed E-state index contributed by atoms with van der Waals surface area (Å²) >= 11 is 0. The van der Waals surface area contributed by atoms with E-state index in [1.165, 1.54) is 54.1 Å². The average Bonchev–Trinajstić information content (AvgIpc) is 3.53. The van der Waals surface area contributed by atoms with E-state index in [-0.39, 0.29) is 25.5 Å². The van der Waals surface area contributed by atoms with Crippen molar-refractivity contribution in [3.05, 3.63) is 108 Å². The predicted octanol–water partition coefficient (Wildman–Crippen LogP) is 12.3. The van der Waals surface area contributed by atoms with Gasteiger partial charge in [0.1, 0.15) is 0 Å². The second-order valence-corrected chi connectivity index (χ2v) is 21.2. The number of hydrogen-bond acceptors (Lipinski definition) is 4. The molecule has 6 heteroatoms. The van der Waals surface area contributed by atoms with E-state index in [0.717, 1.165) is 63.8 Å². The standard InChI is InChI=1S/C28H31N2O.C18H24NSi.Ir/c1-4-28(3,5-2)20-16-17-29-25(18-20)23-13-9-12-21-22-14-15-24(19-10-7-6-8-11-19)30-27(22)31-26(21)23;1-14(2)11-16-12-17(15-9-7-6-8-10-15)19-13-18(16)20(3,4)5;/h9,12,14-19H,4-8,10-11H2,1-3H3;6-9,12-14H,11H2,1-5H3;/q2*-1;. The molecule has 0 saturated heterocycles.